The van der Waals surface area contributed by atoms with Gasteiger partial charge in [0.25, 0.3) is 0 Å². The van der Waals surface area contributed by atoms with Gasteiger partial charge in [0.2, 0.25) is 0 Å². The van der Waals surface area contributed by atoms with Crippen LogP contribution in [-0.4, -0.2) is 69.9 Å². The van der Waals surface area contributed by atoms with E-state index in [4.69, 9.17) is 11.1 Å². The van der Waals surface area contributed by atoms with Gasteiger partial charge in [-0.05, 0) is 43.4 Å². The van der Waals surface area contributed by atoms with Crippen molar-refractivity contribution < 1.29 is 14.7 Å². The molecule has 1 aliphatic carbocycles. The van der Waals surface area contributed by atoms with Gasteiger partial charge in [0.15, 0.2) is 0 Å². The highest BCUT2D eigenvalue weighted by Crippen LogP contribution is 2.30. The molecule has 2 amide bonds. The number of anilines is 1. The van der Waals surface area contributed by atoms with Crippen LogP contribution in [0.1, 0.15) is 36.8 Å². The summed E-state index contributed by atoms with van der Waals surface area (Å²) in [4.78, 5) is 35.4. The van der Waals surface area contributed by atoms with Gasteiger partial charge in [-0.3, -0.25) is 10.2 Å². The number of nitrogen functional groups attached to an aromatic ring is 1. The third kappa shape index (κ3) is 7.01. The number of nitrogens with two attached hydrogens (primary N) is 1. The van der Waals surface area contributed by atoms with Crippen molar-refractivity contribution in [1.82, 2.24) is 14.8 Å². The number of hydrogen-bond acceptors (Lipinski definition) is 5. The van der Waals surface area contributed by atoms with Gasteiger partial charge in [-0.1, -0.05) is 30.3 Å². The Morgan fingerprint density at radius 3 is 2.17 bits per heavy atom. The lowest BCUT2D eigenvalue weighted by Crippen LogP contribution is -2.55. The van der Waals surface area contributed by atoms with Crippen molar-refractivity contribution in [3.63, 3.8) is 0 Å². The second kappa shape index (κ2) is 13.3. The predicted octanol–water partition coefficient (Wildman–Crippen LogP) is 3.60. The van der Waals surface area contributed by atoms with E-state index in [0.29, 0.717) is 64.0 Å². The molecule has 0 spiro atoms. The highest BCUT2D eigenvalue weighted by molar-refractivity contribution is 5.94. The number of nitrogens with one attached hydrogen (secondary N) is 1. The highest BCUT2D eigenvalue weighted by atomic mass is 35.5. The Hall–Kier alpha value is -3.04. The van der Waals surface area contributed by atoms with Crippen molar-refractivity contribution in [2.24, 2.45) is 11.7 Å². The van der Waals surface area contributed by atoms with Gasteiger partial charge in [-0.2, -0.15) is 0 Å². The molecule has 2 aliphatic rings. The van der Waals surface area contributed by atoms with Crippen LogP contribution in [0.25, 0.3) is 0 Å². The molecular weight excluding hydrogens is 503 g/mol. The maximum absolute atomic E-state index is 13.6. The molecule has 11 heteroatoms. The molecule has 0 radical (unpaired) electrons. The first-order valence-electron chi connectivity index (χ1n) is 11.8. The molecule has 1 aromatic heterocycles. The van der Waals surface area contributed by atoms with Crippen LogP contribution in [0.5, 0.6) is 0 Å². The summed E-state index contributed by atoms with van der Waals surface area (Å²) in [7, 11) is 0. The number of amidine groups is 1. The summed E-state index contributed by atoms with van der Waals surface area (Å²) in [6.45, 7) is 3.04. The molecule has 1 aliphatic heterocycles. The van der Waals surface area contributed by atoms with Gasteiger partial charge in [-0.25, -0.2) is 9.78 Å². The van der Waals surface area contributed by atoms with E-state index >= 15 is 0 Å². The number of hydrogen-bond donors (Lipinski definition) is 3. The van der Waals surface area contributed by atoms with E-state index in [1.54, 1.807) is 12.3 Å². The zero-order valence-corrected chi connectivity index (χ0v) is 21.7. The Morgan fingerprint density at radius 2 is 1.64 bits per heavy atom. The van der Waals surface area contributed by atoms with E-state index in [2.05, 4.69) is 9.88 Å². The fourth-order valence-electron chi connectivity index (χ4n) is 4.81. The van der Waals surface area contributed by atoms with Crippen LogP contribution in [0.4, 0.5) is 10.6 Å². The van der Waals surface area contributed by atoms with Gasteiger partial charge in [0.05, 0.1) is 5.92 Å². The summed E-state index contributed by atoms with van der Waals surface area (Å²) >= 11 is 0. The van der Waals surface area contributed by atoms with Gasteiger partial charge < -0.3 is 25.5 Å². The summed E-state index contributed by atoms with van der Waals surface area (Å²) in [5, 5.41) is 16.9. The number of amides is 2. The molecule has 0 bridgehead atoms. The van der Waals surface area contributed by atoms with Crippen molar-refractivity contribution in [2.45, 2.75) is 38.3 Å². The van der Waals surface area contributed by atoms with E-state index < -0.39 is 5.97 Å². The number of carbonyl (C=O) groups excluding carboxylic acids is 1. The third-order valence-corrected chi connectivity index (χ3v) is 6.86. The molecular formula is C25H34Cl2N6O3. The number of nitrogens with zero attached hydrogens (tertiary/aromatic N) is 4. The van der Waals surface area contributed by atoms with Crippen LogP contribution >= 0.6 is 24.8 Å². The third-order valence-electron chi connectivity index (χ3n) is 6.86. The minimum absolute atomic E-state index is 0. The number of piperazine rings is 1. The van der Waals surface area contributed by atoms with Crippen LogP contribution in [0.2, 0.25) is 0 Å². The first kappa shape index (κ1) is 29.2. The van der Waals surface area contributed by atoms with Crippen LogP contribution in [0.15, 0.2) is 48.7 Å². The van der Waals surface area contributed by atoms with Gasteiger partial charge in [0, 0.05) is 50.5 Å². The molecule has 2 heterocycles. The van der Waals surface area contributed by atoms with Gasteiger partial charge >= 0.3 is 12.0 Å². The monoisotopic (exact) mass is 536 g/mol. The van der Waals surface area contributed by atoms with Crippen LogP contribution in [-0.2, 0) is 11.3 Å². The zero-order chi connectivity index (χ0) is 24.1. The smallest absolute Gasteiger partial charge is 0.320 e. The Bertz CT molecular complexity index is 1010. The molecule has 1 saturated carbocycles. The van der Waals surface area contributed by atoms with Crippen molar-refractivity contribution in [2.75, 3.05) is 31.1 Å². The quantitative estimate of drug-likeness (QED) is 0.382. The maximum atomic E-state index is 13.6. The number of urea groups is 1. The van der Waals surface area contributed by atoms with Gasteiger partial charge in [-0.15, -0.1) is 24.8 Å². The summed E-state index contributed by atoms with van der Waals surface area (Å²) < 4.78 is 0. The van der Waals surface area contributed by atoms with Crippen LogP contribution in [0.3, 0.4) is 0 Å². The number of pyridine rings is 1. The number of carboxylic acid groups (broad SMARTS) is 1. The average Bonchev–Trinajstić information content (AvgIpc) is 2.88. The highest BCUT2D eigenvalue weighted by Gasteiger charge is 2.34. The van der Waals surface area contributed by atoms with E-state index in [-0.39, 0.29) is 48.6 Å². The molecule has 2 aromatic rings. The first-order chi connectivity index (χ1) is 16.4. The second-order valence-corrected chi connectivity index (χ2v) is 9.03. The van der Waals surface area contributed by atoms with Crippen molar-refractivity contribution in [3.05, 3.63) is 59.8 Å². The molecule has 1 aromatic carbocycles. The number of rotatable bonds is 6. The molecule has 196 valence electrons. The number of benzene rings is 1. The van der Waals surface area contributed by atoms with Crippen molar-refractivity contribution >= 4 is 48.5 Å². The number of carbonyl (C=O) groups is 2. The summed E-state index contributed by atoms with van der Waals surface area (Å²) in [6.07, 6.45) is 4.23. The second-order valence-electron chi connectivity index (χ2n) is 9.03. The van der Waals surface area contributed by atoms with E-state index in [1.165, 1.54) is 0 Å². The Balaban J connectivity index is 0.00000228. The lowest BCUT2D eigenvalue weighted by Gasteiger charge is -2.42. The maximum Gasteiger partial charge on any atom is 0.320 e. The standard InChI is InChI=1S/C25H32N6O3.2ClH/c26-23(27)20-8-11-22(28-16-20)29-12-14-30(15-13-29)25(34)31(17-18-4-2-1-3-5-18)21-9-6-19(7-10-21)24(32)33;;/h1-5,8,11,16,19,21H,6-7,9-10,12-15,17H2,(H3,26,27)(H,32,33);2*1H/t19-,21-;;. The summed E-state index contributed by atoms with van der Waals surface area (Å²) in [5.74, 6) is -0.244. The average molecular weight is 537 g/mol. The summed E-state index contributed by atoms with van der Waals surface area (Å²) in [6, 6.07) is 13.7. The van der Waals surface area contributed by atoms with E-state index in [1.807, 2.05) is 46.2 Å². The molecule has 2 fully saturated rings. The number of carboxylic acids is 1. The normalized spacial score (nSPS) is 19.4. The molecule has 1 saturated heterocycles. The van der Waals surface area contributed by atoms with Crippen LogP contribution < -0.4 is 10.6 Å². The minimum Gasteiger partial charge on any atom is -0.481 e. The van der Waals surface area contributed by atoms with E-state index in [0.717, 1.165) is 11.4 Å². The molecule has 0 unspecified atom stereocenters. The molecule has 36 heavy (non-hydrogen) atoms. The Kier molecular flexibility index (Phi) is 10.8. The van der Waals surface area contributed by atoms with E-state index in [9.17, 15) is 14.7 Å². The Labute approximate surface area is 224 Å². The lowest BCUT2D eigenvalue weighted by atomic mass is 9.85. The van der Waals surface area contributed by atoms with Crippen LogP contribution in [0, 0.1) is 11.3 Å². The first-order valence-corrected chi connectivity index (χ1v) is 11.8. The van der Waals surface area contributed by atoms with Crippen molar-refractivity contribution in [1.29, 1.82) is 5.41 Å². The largest absolute Gasteiger partial charge is 0.481 e. The topological polar surface area (TPSA) is 127 Å². The number of aliphatic carboxylic acids is 1. The predicted molar refractivity (Wildman–Crippen MR) is 144 cm³/mol. The van der Waals surface area contributed by atoms with Gasteiger partial charge in [0.1, 0.15) is 11.7 Å². The number of halogens is 2. The zero-order valence-electron chi connectivity index (χ0n) is 20.1. The minimum atomic E-state index is -0.736. The molecule has 0 atom stereocenters. The lowest BCUT2D eigenvalue weighted by molar-refractivity contribution is -0.143. The Morgan fingerprint density at radius 1 is 1.00 bits per heavy atom. The molecule has 4 rings (SSSR count). The number of aromatic nitrogens is 1. The fraction of sp³-hybridized carbons (Fsp3) is 0.440. The summed E-state index contributed by atoms with van der Waals surface area (Å²) in [5.41, 5.74) is 7.18. The molecule has 4 N–H and O–H groups in total. The molecule has 9 nitrogen and oxygen atoms in total. The van der Waals surface area contributed by atoms with Crippen molar-refractivity contribution in [3.8, 4) is 0 Å². The SMILES string of the molecule is Cl.Cl.N=C(N)c1ccc(N2CCN(C(=O)N(Cc3ccccc3)[C@H]3CC[C@H](C(=O)O)CC3)CC2)nc1. The fourth-order valence-corrected chi connectivity index (χ4v) is 4.81.